The molecule has 0 saturated heterocycles. The van der Waals surface area contributed by atoms with Crippen molar-refractivity contribution in [2.75, 3.05) is 0 Å². The maximum Gasteiger partial charge on any atom is 0.121 e. The van der Waals surface area contributed by atoms with Crippen LogP contribution < -0.4 is 0 Å². The van der Waals surface area contributed by atoms with Gasteiger partial charge in [0.1, 0.15) is 11.8 Å². The molecule has 0 amide bonds. The van der Waals surface area contributed by atoms with Crippen LogP contribution in [0.4, 0.5) is 0 Å². The summed E-state index contributed by atoms with van der Waals surface area (Å²) in [7, 11) is 0. The summed E-state index contributed by atoms with van der Waals surface area (Å²) >= 11 is 0. The van der Waals surface area contributed by atoms with Gasteiger partial charge in [-0.25, -0.2) is 0 Å². The first-order chi connectivity index (χ1) is 7.78. The van der Waals surface area contributed by atoms with E-state index in [1.807, 2.05) is 6.07 Å². The summed E-state index contributed by atoms with van der Waals surface area (Å²) in [5.41, 5.74) is 3.25. The monoisotopic (exact) mass is 210 g/mol. The second-order valence-electron chi connectivity index (χ2n) is 4.76. The van der Waals surface area contributed by atoms with Gasteiger partial charge in [-0.3, -0.25) is 0 Å². The average molecular weight is 210 g/mol. The minimum Gasteiger partial charge on any atom is -0.332 e. The van der Waals surface area contributed by atoms with Crippen molar-refractivity contribution in [3.8, 4) is 6.07 Å². The van der Waals surface area contributed by atoms with Crippen LogP contribution in [0.5, 0.6) is 0 Å². The van der Waals surface area contributed by atoms with Crippen LogP contribution in [0, 0.1) is 24.2 Å². The predicted molar refractivity (Wildman–Crippen MR) is 64.1 cm³/mol. The van der Waals surface area contributed by atoms with Gasteiger partial charge in [0, 0.05) is 17.4 Å². The molecule has 0 spiro atoms. The number of aromatic nitrogens is 1. The molecular weight excluding hydrogens is 196 g/mol. The molecule has 2 heteroatoms. The van der Waals surface area contributed by atoms with E-state index in [2.05, 4.69) is 35.8 Å². The van der Waals surface area contributed by atoms with E-state index in [0.717, 1.165) is 18.2 Å². The van der Waals surface area contributed by atoms with Crippen molar-refractivity contribution in [2.45, 2.75) is 26.3 Å². The summed E-state index contributed by atoms with van der Waals surface area (Å²) in [5.74, 6) is 0.795. The molecule has 0 unspecified atom stereocenters. The summed E-state index contributed by atoms with van der Waals surface area (Å²) < 4.78 is 2.17. The van der Waals surface area contributed by atoms with Crippen LogP contribution in [0.25, 0.3) is 10.9 Å². The molecule has 1 heterocycles. The van der Waals surface area contributed by atoms with E-state index in [0.29, 0.717) is 0 Å². The second-order valence-corrected chi connectivity index (χ2v) is 4.76. The Balaban J connectivity index is 2.18. The number of hydrogen-bond acceptors (Lipinski definition) is 1. The lowest BCUT2D eigenvalue weighted by atomic mass is 10.2. The molecule has 2 aromatic rings. The molecule has 3 rings (SSSR count). The number of hydrogen-bond donors (Lipinski definition) is 0. The lowest BCUT2D eigenvalue weighted by Gasteiger charge is -2.05. The molecule has 0 aliphatic heterocycles. The largest absolute Gasteiger partial charge is 0.332 e. The molecule has 16 heavy (non-hydrogen) atoms. The molecule has 1 saturated carbocycles. The molecule has 0 N–H and O–H groups in total. The SMILES string of the molecule is Cc1ccc2c(c1)cc(C#N)n2CC1CC1. The van der Waals surface area contributed by atoms with Crippen molar-refractivity contribution >= 4 is 10.9 Å². The summed E-state index contributed by atoms with van der Waals surface area (Å²) in [6.45, 7) is 3.10. The van der Waals surface area contributed by atoms with Crippen LogP contribution in [0.1, 0.15) is 24.1 Å². The van der Waals surface area contributed by atoms with Gasteiger partial charge in [0.2, 0.25) is 0 Å². The quantitative estimate of drug-likeness (QED) is 0.748. The Morgan fingerprint density at radius 3 is 2.88 bits per heavy atom. The van der Waals surface area contributed by atoms with Gasteiger partial charge in [-0.05, 0) is 43.9 Å². The van der Waals surface area contributed by atoms with Gasteiger partial charge in [0.25, 0.3) is 0 Å². The van der Waals surface area contributed by atoms with E-state index < -0.39 is 0 Å². The highest BCUT2D eigenvalue weighted by Crippen LogP contribution is 2.33. The minimum absolute atomic E-state index is 0.795. The third-order valence-electron chi connectivity index (χ3n) is 3.31. The van der Waals surface area contributed by atoms with Crippen LogP contribution in [-0.4, -0.2) is 4.57 Å². The number of benzene rings is 1. The third kappa shape index (κ3) is 1.49. The van der Waals surface area contributed by atoms with E-state index in [-0.39, 0.29) is 0 Å². The highest BCUT2D eigenvalue weighted by atomic mass is 15.0. The van der Waals surface area contributed by atoms with Crippen molar-refractivity contribution < 1.29 is 0 Å². The van der Waals surface area contributed by atoms with Crippen LogP contribution in [0.3, 0.4) is 0 Å². The molecule has 0 radical (unpaired) electrons. The van der Waals surface area contributed by atoms with Crippen LogP contribution in [0.2, 0.25) is 0 Å². The van der Waals surface area contributed by atoms with Gasteiger partial charge in [0.15, 0.2) is 0 Å². The van der Waals surface area contributed by atoms with Gasteiger partial charge < -0.3 is 4.57 Å². The number of aryl methyl sites for hydroxylation is 1. The van der Waals surface area contributed by atoms with Crippen molar-refractivity contribution in [3.05, 3.63) is 35.5 Å². The Hall–Kier alpha value is -1.75. The fourth-order valence-corrected chi connectivity index (χ4v) is 2.24. The van der Waals surface area contributed by atoms with E-state index in [9.17, 15) is 0 Å². The molecule has 1 fully saturated rings. The van der Waals surface area contributed by atoms with Crippen LogP contribution >= 0.6 is 0 Å². The highest BCUT2D eigenvalue weighted by molar-refractivity contribution is 5.83. The smallest absolute Gasteiger partial charge is 0.121 e. The van der Waals surface area contributed by atoms with Crippen molar-refractivity contribution in [3.63, 3.8) is 0 Å². The number of rotatable bonds is 2. The van der Waals surface area contributed by atoms with E-state index in [4.69, 9.17) is 5.26 Å². The molecule has 2 nitrogen and oxygen atoms in total. The zero-order valence-electron chi connectivity index (χ0n) is 9.40. The van der Waals surface area contributed by atoms with Gasteiger partial charge in [0.05, 0.1) is 0 Å². The minimum atomic E-state index is 0.795. The van der Waals surface area contributed by atoms with E-state index >= 15 is 0 Å². The predicted octanol–water partition coefficient (Wildman–Crippen LogP) is 3.23. The van der Waals surface area contributed by atoms with Crippen molar-refractivity contribution in [1.82, 2.24) is 4.57 Å². The molecule has 1 aromatic heterocycles. The molecule has 80 valence electrons. The van der Waals surface area contributed by atoms with Gasteiger partial charge in [-0.1, -0.05) is 11.6 Å². The molecule has 1 aliphatic carbocycles. The Morgan fingerprint density at radius 1 is 1.38 bits per heavy atom. The van der Waals surface area contributed by atoms with E-state index in [1.54, 1.807) is 0 Å². The fraction of sp³-hybridized carbons (Fsp3) is 0.357. The maximum absolute atomic E-state index is 9.15. The Bertz CT molecular complexity index is 583. The first-order valence-electron chi connectivity index (χ1n) is 5.78. The topological polar surface area (TPSA) is 28.7 Å². The van der Waals surface area contributed by atoms with E-state index in [1.165, 1.54) is 29.3 Å². The van der Waals surface area contributed by atoms with Crippen LogP contribution in [0.15, 0.2) is 24.3 Å². The van der Waals surface area contributed by atoms with Gasteiger partial charge in [-0.2, -0.15) is 5.26 Å². The molecule has 0 bridgehead atoms. The number of fused-ring (bicyclic) bond motifs is 1. The third-order valence-corrected chi connectivity index (χ3v) is 3.31. The lowest BCUT2D eigenvalue weighted by Crippen LogP contribution is -2.01. The Labute approximate surface area is 95.1 Å². The van der Waals surface area contributed by atoms with Crippen molar-refractivity contribution in [2.24, 2.45) is 5.92 Å². The Kier molecular flexibility index (Phi) is 2.00. The Morgan fingerprint density at radius 2 is 2.19 bits per heavy atom. The summed E-state index contributed by atoms with van der Waals surface area (Å²) in [6, 6.07) is 10.7. The lowest BCUT2D eigenvalue weighted by molar-refractivity contribution is 0.641. The summed E-state index contributed by atoms with van der Waals surface area (Å²) in [6.07, 6.45) is 2.63. The number of nitriles is 1. The second kappa shape index (κ2) is 3.38. The summed E-state index contributed by atoms with van der Waals surface area (Å²) in [5, 5.41) is 10.3. The molecule has 0 atom stereocenters. The zero-order valence-corrected chi connectivity index (χ0v) is 9.40. The first kappa shape index (κ1) is 9.47. The standard InChI is InChI=1S/C14H14N2/c1-10-2-5-14-12(6-10)7-13(8-15)16(14)9-11-3-4-11/h2,5-7,11H,3-4,9H2,1H3. The average Bonchev–Trinajstić information content (AvgIpc) is 3.01. The first-order valence-corrected chi connectivity index (χ1v) is 5.78. The van der Waals surface area contributed by atoms with Crippen LogP contribution in [-0.2, 0) is 6.54 Å². The van der Waals surface area contributed by atoms with Gasteiger partial charge in [-0.15, -0.1) is 0 Å². The zero-order chi connectivity index (χ0) is 11.1. The maximum atomic E-state index is 9.15. The molecule has 1 aromatic carbocycles. The van der Waals surface area contributed by atoms with Gasteiger partial charge >= 0.3 is 0 Å². The van der Waals surface area contributed by atoms with Crippen molar-refractivity contribution in [1.29, 1.82) is 5.26 Å². The fourth-order valence-electron chi connectivity index (χ4n) is 2.24. The summed E-state index contributed by atoms with van der Waals surface area (Å²) in [4.78, 5) is 0. The normalized spacial score (nSPS) is 15.2. The molecular formula is C14H14N2. The number of nitrogens with zero attached hydrogens (tertiary/aromatic N) is 2. The molecule has 1 aliphatic rings. The highest BCUT2D eigenvalue weighted by Gasteiger charge is 2.23.